The maximum atomic E-state index is 12.6. The molecule has 2 aromatic carbocycles. The second-order valence-corrected chi connectivity index (χ2v) is 5.52. The molecule has 0 aliphatic heterocycles. The lowest BCUT2D eigenvalue weighted by atomic mass is 9.98. The standard InChI is InChI=1S/C21H19NO3/c1-3-6-15-9-11-16(12-10-15)20(23)18(14-22)13-17-7-4-5-8-19(17)21(24)25-2/h4-5,7-13H,3,6H2,1-2H3/b18-13+. The van der Waals surface area contributed by atoms with Crippen molar-refractivity contribution in [3.8, 4) is 6.07 Å². The summed E-state index contributed by atoms with van der Waals surface area (Å²) in [5, 5.41) is 9.39. The number of nitriles is 1. The fraction of sp³-hybridized carbons (Fsp3) is 0.190. The third kappa shape index (κ3) is 4.42. The molecule has 0 bridgehead atoms. The molecule has 0 N–H and O–H groups in total. The molecule has 0 amide bonds. The maximum absolute atomic E-state index is 12.6. The quantitative estimate of drug-likeness (QED) is 0.344. The van der Waals surface area contributed by atoms with Gasteiger partial charge in [0.15, 0.2) is 0 Å². The van der Waals surface area contributed by atoms with Crippen molar-refractivity contribution in [2.75, 3.05) is 7.11 Å². The number of rotatable bonds is 6. The molecule has 0 radical (unpaired) electrons. The van der Waals surface area contributed by atoms with E-state index in [2.05, 4.69) is 6.92 Å². The molecule has 0 spiro atoms. The lowest BCUT2D eigenvalue weighted by molar-refractivity contribution is 0.0600. The topological polar surface area (TPSA) is 67.2 Å². The number of nitrogens with zero attached hydrogens (tertiary/aromatic N) is 1. The SMILES string of the molecule is CCCc1ccc(C(=O)/C(C#N)=C/c2ccccc2C(=O)OC)cc1. The molecule has 0 heterocycles. The van der Waals surface area contributed by atoms with Crippen LogP contribution in [0.2, 0.25) is 0 Å². The number of carbonyl (C=O) groups excluding carboxylic acids is 2. The van der Waals surface area contributed by atoms with Crippen molar-refractivity contribution in [2.45, 2.75) is 19.8 Å². The summed E-state index contributed by atoms with van der Waals surface area (Å²) in [7, 11) is 1.29. The molecule has 0 saturated carbocycles. The highest BCUT2D eigenvalue weighted by Gasteiger charge is 2.15. The van der Waals surface area contributed by atoms with Gasteiger partial charge in [0, 0.05) is 5.56 Å². The van der Waals surface area contributed by atoms with E-state index in [-0.39, 0.29) is 11.4 Å². The average Bonchev–Trinajstić information content (AvgIpc) is 2.66. The van der Waals surface area contributed by atoms with E-state index >= 15 is 0 Å². The van der Waals surface area contributed by atoms with Crippen LogP contribution in [0, 0.1) is 11.3 Å². The van der Waals surface area contributed by atoms with Crippen molar-refractivity contribution in [3.63, 3.8) is 0 Å². The molecule has 4 nitrogen and oxygen atoms in total. The number of esters is 1. The van der Waals surface area contributed by atoms with Gasteiger partial charge in [-0.15, -0.1) is 0 Å². The van der Waals surface area contributed by atoms with E-state index in [1.165, 1.54) is 13.2 Å². The Hall–Kier alpha value is -3.19. The number of hydrogen-bond donors (Lipinski definition) is 0. The predicted octanol–water partition coefficient (Wildman–Crippen LogP) is 4.22. The monoisotopic (exact) mass is 333 g/mol. The minimum Gasteiger partial charge on any atom is -0.465 e. The van der Waals surface area contributed by atoms with E-state index in [0.717, 1.165) is 18.4 Å². The van der Waals surface area contributed by atoms with Crippen LogP contribution in [-0.4, -0.2) is 18.9 Å². The molecule has 0 saturated heterocycles. The predicted molar refractivity (Wildman–Crippen MR) is 96.1 cm³/mol. The van der Waals surface area contributed by atoms with E-state index in [1.807, 2.05) is 18.2 Å². The largest absolute Gasteiger partial charge is 0.465 e. The number of ether oxygens (including phenoxy) is 1. The number of methoxy groups -OCH3 is 1. The number of allylic oxidation sites excluding steroid dienone is 1. The first-order valence-electron chi connectivity index (χ1n) is 8.03. The summed E-state index contributed by atoms with van der Waals surface area (Å²) in [5.74, 6) is -0.884. The normalized spacial score (nSPS) is 10.8. The second-order valence-electron chi connectivity index (χ2n) is 5.52. The summed E-state index contributed by atoms with van der Waals surface area (Å²) in [6, 6.07) is 15.9. The average molecular weight is 333 g/mol. The van der Waals surface area contributed by atoms with Gasteiger partial charge in [0.25, 0.3) is 0 Å². The molecule has 2 aromatic rings. The Morgan fingerprint density at radius 1 is 1.12 bits per heavy atom. The summed E-state index contributed by atoms with van der Waals surface area (Å²) in [6.45, 7) is 2.09. The zero-order chi connectivity index (χ0) is 18.2. The van der Waals surface area contributed by atoms with Crippen LogP contribution >= 0.6 is 0 Å². The summed E-state index contributed by atoms with van der Waals surface area (Å²) < 4.78 is 4.74. The molecule has 0 aliphatic carbocycles. The molecule has 4 heteroatoms. The highest BCUT2D eigenvalue weighted by molar-refractivity contribution is 6.14. The molecular formula is C21H19NO3. The van der Waals surface area contributed by atoms with Gasteiger partial charge in [0.05, 0.1) is 12.7 Å². The summed E-state index contributed by atoms with van der Waals surface area (Å²) in [5.41, 5.74) is 2.35. The van der Waals surface area contributed by atoms with Crippen molar-refractivity contribution < 1.29 is 14.3 Å². The van der Waals surface area contributed by atoms with E-state index in [1.54, 1.807) is 36.4 Å². The van der Waals surface area contributed by atoms with E-state index < -0.39 is 5.97 Å². The number of ketones is 1. The van der Waals surface area contributed by atoms with Crippen LogP contribution in [0.4, 0.5) is 0 Å². The van der Waals surface area contributed by atoms with Crippen molar-refractivity contribution in [3.05, 3.63) is 76.4 Å². The number of aryl methyl sites for hydroxylation is 1. The van der Waals surface area contributed by atoms with Crippen molar-refractivity contribution in [1.82, 2.24) is 0 Å². The van der Waals surface area contributed by atoms with Gasteiger partial charge in [0.2, 0.25) is 5.78 Å². The van der Waals surface area contributed by atoms with E-state index in [9.17, 15) is 14.9 Å². The Balaban J connectivity index is 2.36. The zero-order valence-electron chi connectivity index (χ0n) is 14.3. The van der Waals surface area contributed by atoms with Gasteiger partial charge in [-0.2, -0.15) is 5.26 Å². The molecule has 2 rings (SSSR count). The summed E-state index contributed by atoms with van der Waals surface area (Å²) in [4.78, 5) is 24.4. The Morgan fingerprint density at radius 3 is 2.40 bits per heavy atom. The van der Waals surface area contributed by atoms with Crippen molar-refractivity contribution in [2.24, 2.45) is 0 Å². The first kappa shape index (κ1) is 18.2. The number of benzene rings is 2. The number of hydrogen-bond acceptors (Lipinski definition) is 4. The first-order valence-corrected chi connectivity index (χ1v) is 8.03. The van der Waals surface area contributed by atoms with Gasteiger partial charge in [0.1, 0.15) is 11.6 Å². The van der Waals surface area contributed by atoms with Gasteiger partial charge < -0.3 is 4.74 Å². The molecule has 0 aromatic heterocycles. The van der Waals surface area contributed by atoms with Gasteiger partial charge in [-0.05, 0) is 29.7 Å². The van der Waals surface area contributed by atoms with Crippen LogP contribution in [0.25, 0.3) is 6.08 Å². The molecule has 0 unspecified atom stereocenters. The zero-order valence-corrected chi connectivity index (χ0v) is 14.3. The van der Waals surface area contributed by atoms with Crippen molar-refractivity contribution >= 4 is 17.8 Å². The van der Waals surface area contributed by atoms with Crippen molar-refractivity contribution in [1.29, 1.82) is 5.26 Å². The minimum atomic E-state index is -0.513. The van der Waals surface area contributed by atoms with Crippen LogP contribution in [-0.2, 0) is 11.2 Å². The summed E-state index contributed by atoms with van der Waals surface area (Å²) >= 11 is 0. The van der Waals surface area contributed by atoms with Gasteiger partial charge >= 0.3 is 5.97 Å². The highest BCUT2D eigenvalue weighted by atomic mass is 16.5. The first-order chi connectivity index (χ1) is 12.1. The fourth-order valence-corrected chi connectivity index (χ4v) is 2.49. The van der Waals surface area contributed by atoms with Crippen LogP contribution in [0.5, 0.6) is 0 Å². The van der Waals surface area contributed by atoms with Crippen LogP contribution in [0.15, 0.2) is 54.1 Å². The lowest BCUT2D eigenvalue weighted by Crippen LogP contribution is -2.05. The van der Waals surface area contributed by atoms with Gasteiger partial charge in [-0.25, -0.2) is 4.79 Å². The fourth-order valence-electron chi connectivity index (χ4n) is 2.49. The van der Waals surface area contributed by atoms with E-state index in [4.69, 9.17) is 4.74 Å². The Kier molecular flexibility index (Phi) is 6.25. The van der Waals surface area contributed by atoms with Gasteiger partial charge in [-0.1, -0.05) is 55.8 Å². The molecule has 0 atom stereocenters. The number of Topliss-reactive ketones (excluding diaryl/α,β-unsaturated/α-hetero) is 1. The maximum Gasteiger partial charge on any atom is 0.338 e. The third-order valence-corrected chi connectivity index (χ3v) is 3.79. The van der Waals surface area contributed by atoms with E-state index in [0.29, 0.717) is 16.7 Å². The highest BCUT2D eigenvalue weighted by Crippen LogP contribution is 2.17. The Morgan fingerprint density at radius 2 is 1.80 bits per heavy atom. The van der Waals surface area contributed by atoms with Crippen LogP contribution < -0.4 is 0 Å². The van der Waals surface area contributed by atoms with Gasteiger partial charge in [-0.3, -0.25) is 4.79 Å². The Bertz CT molecular complexity index is 842. The lowest BCUT2D eigenvalue weighted by Gasteiger charge is -2.05. The minimum absolute atomic E-state index is 0.0282. The Labute approximate surface area is 147 Å². The molecule has 126 valence electrons. The smallest absolute Gasteiger partial charge is 0.338 e. The summed E-state index contributed by atoms with van der Waals surface area (Å²) in [6.07, 6.45) is 3.40. The number of carbonyl (C=O) groups is 2. The molecule has 25 heavy (non-hydrogen) atoms. The van der Waals surface area contributed by atoms with Crippen LogP contribution in [0.3, 0.4) is 0 Å². The molecular weight excluding hydrogens is 314 g/mol. The molecule has 0 aliphatic rings. The second kappa shape index (κ2) is 8.60. The van der Waals surface area contributed by atoms with Crippen LogP contribution in [0.1, 0.15) is 45.2 Å². The molecule has 0 fully saturated rings. The third-order valence-electron chi connectivity index (χ3n) is 3.79.